The molecule has 1 rings (SSSR count). The number of furan rings is 1. The Morgan fingerprint density at radius 1 is 1.40 bits per heavy atom. The second-order valence-corrected chi connectivity index (χ2v) is 3.94. The normalized spacial score (nSPS) is 11.9. The van der Waals surface area contributed by atoms with E-state index in [1.54, 1.807) is 6.26 Å². The molecule has 1 aromatic heterocycles. The van der Waals surface area contributed by atoms with E-state index in [9.17, 15) is 5.11 Å². The van der Waals surface area contributed by atoms with Crippen molar-refractivity contribution in [3.63, 3.8) is 0 Å². The van der Waals surface area contributed by atoms with Crippen molar-refractivity contribution in [3.05, 3.63) is 24.2 Å². The molecule has 0 atom stereocenters. The summed E-state index contributed by atoms with van der Waals surface area (Å²) >= 11 is 0. The molecule has 0 spiro atoms. The summed E-state index contributed by atoms with van der Waals surface area (Å²) in [7, 11) is 0. The van der Waals surface area contributed by atoms with Gasteiger partial charge < -0.3 is 14.8 Å². The van der Waals surface area contributed by atoms with E-state index in [0.717, 1.165) is 31.6 Å². The maximum atomic E-state index is 10.0. The van der Waals surface area contributed by atoms with Gasteiger partial charge in [-0.25, -0.2) is 0 Å². The van der Waals surface area contributed by atoms with Crippen molar-refractivity contribution in [3.8, 4) is 0 Å². The molecular formula is C12H21NO2. The topological polar surface area (TPSA) is 45.4 Å². The summed E-state index contributed by atoms with van der Waals surface area (Å²) in [5.74, 6) is 0.985. The average Bonchev–Trinajstić information content (AvgIpc) is 2.77. The lowest BCUT2D eigenvalue weighted by molar-refractivity contribution is 0.0328. The summed E-state index contributed by atoms with van der Waals surface area (Å²) in [5.41, 5.74) is -0.552. The van der Waals surface area contributed by atoms with Gasteiger partial charge in [-0.2, -0.15) is 0 Å². The molecule has 0 saturated heterocycles. The van der Waals surface area contributed by atoms with Gasteiger partial charge in [0.05, 0.1) is 11.9 Å². The van der Waals surface area contributed by atoms with Crippen LogP contribution < -0.4 is 5.32 Å². The molecule has 3 nitrogen and oxygen atoms in total. The molecule has 0 aliphatic heterocycles. The van der Waals surface area contributed by atoms with Crippen LogP contribution in [0.5, 0.6) is 0 Å². The Morgan fingerprint density at radius 3 is 2.67 bits per heavy atom. The molecule has 0 unspecified atom stereocenters. The summed E-state index contributed by atoms with van der Waals surface area (Å²) in [6.45, 7) is 5.52. The molecule has 0 aliphatic rings. The van der Waals surface area contributed by atoms with Crippen LogP contribution in [0.15, 0.2) is 22.8 Å². The smallest absolute Gasteiger partial charge is 0.105 e. The predicted octanol–water partition coefficient (Wildman–Crippen LogP) is 1.96. The number of aliphatic hydroxyl groups is 1. The standard InChI is InChI=1S/C12H21NO2/c1-3-12(14,4-2)10-13-8-7-11-6-5-9-15-11/h5-6,9,13-14H,3-4,7-8,10H2,1-2H3. The van der Waals surface area contributed by atoms with Crippen molar-refractivity contribution in [1.82, 2.24) is 5.32 Å². The molecule has 15 heavy (non-hydrogen) atoms. The number of rotatable bonds is 7. The van der Waals surface area contributed by atoms with Gasteiger partial charge in [0.2, 0.25) is 0 Å². The lowest BCUT2D eigenvalue weighted by Gasteiger charge is -2.25. The first kappa shape index (κ1) is 12.3. The first-order chi connectivity index (χ1) is 7.20. The van der Waals surface area contributed by atoms with E-state index in [1.807, 2.05) is 26.0 Å². The van der Waals surface area contributed by atoms with E-state index in [4.69, 9.17) is 4.42 Å². The molecule has 0 bridgehead atoms. The van der Waals surface area contributed by atoms with Crippen LogP contribution in [0.4, 0.5) is 0 Å². The van der Waals surface area contributed by atoms with Crippen molar-refractivity contribution in [1.29, 1.82) is 0 Å². The van der Waals surface area contributed by atoms with Gasteiger partial charge in [-0.3, -0.25) is 0 Å². The molecule has 3 heteroatoms. The largest absolute Gasteiger partial charge is 0.469 e. The highest BCUT2D eigenvalue weighted by atomic mass is 16.3. The summed E-state index contributed by atoms with van der Waals surface area (Å²) < 4.78 is 5.22. The lowest BCUT2D eigenvalue weighted by Crippen LogP contribution is -2.40. The lowest BCUT2D eigenvalue weighted by atomic mass is 9.98. The van der Waals surface area contributed by atoms with Crippen molar-refractivity contribution >= 4 is 0 Å². The third kappa shape index (κ3) is 4.06. The highest BCUT2D eigenvalue weighted by molar-refractivity contribution is 4.98. The second kappa shape index (κ2) is 5.93. The fourth-order valence-corrected chi connectivity index (χ4v) is 1.49. The van der Waals surface area contributed by atoms with Crippen LogP contribution in [0.2, 0.25) is 0 Å². The van der Waals surface area contributed by atoms with E-state index < -0.39 is 5.60 Å². The highest BCUT2D eigenvalue weighted by Gasteiger charge is 2.20. The SMILES string of the molecule is CCC(O)(CC)CNCCc1ccco1. The minimum Gasteiger partial charge on any atom is -0.469 e. The van der Waals surface area contributed by atoms with E-state index in [2.05, 4.69) is 5.32 Å². The van der Waals surface area contributed by atoms with Gasteiger partial charge >= 0.3 is 0 Å². The minimum absolute atomic E-state index is 0.552. The first-order valence-corrected chi connectivity index (χ1v) is 5.65. The van der Waals surface area contributed by atoms with Crippen molar-refractivity contribution in [2.45, 2.75) is 38.7 Å². The summed E-state index contributed by atoms with van der Waals surface area (Å²) in [6.07, 6.45) is 4.13. The minimum atomic E-state index is -0.552. The number of hydrogen-bond donors (Lipinski definition) is 2. The molecule has 86 valence electrons. The average molecular weight is 211 g/mol. The maximum absolute atomic E-state index is 10.0. The van der Waals surface area contributed by atoms with Gasteiger partial charge in [-0.1, -0.05) is 13.8 Å². The van der Waals surface area contributed by atoms with Gasteiger partial charge in [0.15, 0.2) is 0 Å². The maximum Gasteiger partial charge on any atom is 0.105 e. The Balaban J connectivity index is 2.16. The van der Waals surface area contributed by atoms with Crippen molar-refractivity contribution in [2.24, 2.45) is 0 Å². The fourth-order valence-electron chi connectivity index (χ4n) is 1.49. The molecule has 0 saturated carbocycles. The Morgan fingerprint density at radius 2 is 2.13 bits per heavy atom. The number of hydrogen-bond acceptors (Lipinski definition) is 3. The summed E-state index contributed by atoms with van der Waals surface area (Å²) in [4.78, 5) is 0. The molecule has 0 radical (unpaired) electrons. The first-order valence-electron chi connectivity index (χ1n) is 5.65. The molecule has 1 aromatic rings. The van der Waals surface area contributed by atoms with Crippen LogP contribution in [-0.4, -0.2) is 23.8 Å². The summed E-state index contributed by atoms with van der Waals surface area (Å²) in [5, 5.41) is 13.3. The molecule has 0 amide bonds. The third-order valence-electron chi connectivity index (χ3n) is 2.90. The highest BCUT2D eigenvalue weighted by Crippen LogP contribution is 2.12. The van der Waals surface area contributed by atoms with Gasteiger partial charge in [0.1, 0.15) is 5.76 Å². The van der Waals surface area contributed by atoms with Crippen LogP contribution >= 0.6 is 0 Å². The molecule has 2 N–H and O–H groups in total. The number of nitrogens with one attached hydrogen (secondary N) is 1. The Kier molecular flexibility index (Phi) is 4.85. The van der Waals surface area contributed by atoms with Crippen LogP contribution in [0.25, 0.3) is 0 Å². The zero-order chi connectivity index (χ0) is 11.1. The fraction of sp³-hybridized carbons (Fsp3) is 0.667. The zero-order valence-corrected chi connectivity index (χ0v) is 9.62. The van der Waals surface area contributed by atoms with Crippen molar-refractivity contribution < 1.29 is 9.52 Å². The molecule has 0 aliphatic carbocycles. The summed E-state index contributed by atoms with van der Waals surface area (Å²) in [6, 6.07) is 3.86. The molecule has 0 aromatic carbocycles. The quantitative estimate of drug-likeness (QED) is 0.678. The predicted molar refractivity (Wildman–Crippen MR) is 60.8 cm³/mol. The second-order valence-electron chi connectivity index (χ2n) is 3.94. The van der Waals surface area contributed by atoms with E-state index in [0.29, 0.717) is 6.54 Å². The van der Waals surface area contributed by atoms with Crippen molar-refractivity contribution in [2.75, 3.05) is 13.1 Å². The van der Waals surface area contributed by atoms with Crippen LogP contribution in [0.3, 0.4) is 0 Å². The Bertz CT molecular complexity index is 253. The molecular weight excluding hydrogens is 190 g/mol. The zero-order valence-electron chi connectivity index (χ0n) is 9.62. The van der Waals surface area contributed by atoms with E-state index in [-0.39, 0.29) is 0 Å². The molecule has 1 heterocycles. The van der Waals surface area contributed by atoms with Crippen LogP contribution in [-0.2, 0) is 6.42 Å². The van der Waals surface area contributed by atoms with Gasteiger partial charge in [0, 0.05) is 19.5 Å². The monoisotopic (exact) mass is 211 g/mol. The Hall–Kier alpha value is -0.800. The van der Waals surface area contributed by atoms with Gasteiger partial charge in [-0.15, -0.1) is 0 Å². The Labute approximate surface area is 91.5 Å². The van der Waals surface area contributed by atoms with E-state index >= 15 is 0 Å². The molecule has 0 fully saturated rings. The third-order valence-corrected chi connectivity index (χ3v) is 2.90. The van der Waals surface area contributed by atoms with Gasteiger partial charge in [0.25, 0.3) is 0 Å². The van der Waals surface area contributed by atoms with E-state index in [1.165, 1.54) is 0 Å². The van der Waals surface area contributed by atoms with Gasteiger partial charge in [-0.05, 0) is 25.0 Å². The van der Waals surface area contributed by atoms with Crippen LogP contribution in [0, 0.1) is 0 Å². The van der Waals surface area contributed by atoms with Crippen LogP contribution in [0.1, 0.15) is 32.4 Å².